The zero-order chi connectivity index (χ0) is 29.2. The Labute approximate surface area is 240 Å². The average Bonchev–Trinajstić information content (AvgIpc) is 3.44. The van der Waals surface area contributed by atoms with E-state index in [0.29, 0.717) is 45.5 Å². The van der Waals surface area contributed by atoms with Crippen molar-refractivity contribution in [2.75, 3.05) is 24.7 Å². The number of aromatic nitrogens is 4. The molecular weight excluding hydrogens is 544 g/mol. The second kappa shape index (κ2) is 13.7. The lowest BCUT2D eigenvalue weighted by molar-refractivity contribution is 0.0955. The summed E-state index contributed by atoms with van der Waals surface area (Å²) in [7, 11) is 3.17. The first-order chi connectivity index (χ1) is 19.9. The highest BCUT2D eigenvalue weighted by Gasteiger charge is 2.13. The fourth-order valence-electron chi connectivity index (χ4n) is 3.75. The molecule has 0 aliphatic rings. The molecule has 0 unspecified atom stereocenters. The highest BCUT2D eigenvalue weighted by Crippen LogP contribution is 2.29. The molecule has 0 saturated heterocycles. The molecule has 12 heteroatoms. The van der Waals surface area contributed by atoms with E-state index in [0.717, 1.165) is 22.9 Å². The summed E-state index contributed by atoms with van der Waals surface area (Å²) in [5.41, 5.74) is 4.18. The van der Waals surface area contributed by atoms with Crippen molar-refractivity contribution in [3.8, 4) is 0 Å². The van der Waals surface area contributed by atoms with E-state index >= 15 is 0 Å². The third kappa shape index (κ3) is 7.43. The molecule has 2 amide bonds. The van der Waals surface area contributed by atoms with Crippen LogP contribution in [-0.4, -0.2) is 52.4 Å². The summed E-state index contributed by atoms with van der Waals surface area (Å²) in [5.74, 6) is 0.980. The first-order valence-electron chi connectivity index (χ1n) is 12.5. The highest BCUT2D eigenvalue weighted by atomic mass is 35.5. The van der Waals surface area contributed by atoms with Crippen LogP contribution in [0, 0.1) is 0 Å². The van der Waals surface area contributed by atoms with E-state index in [4.69, 9.17) is 11.6 Å². The predicted octanol–water partition coefficient (Wildman–Crippen LogP) is 4.58. The lowest BCUT2D eigenvalue weighted by Gasteiger charge is -2.09. The Morgan fingerprint density at radius 2 is 1.54 bits per heavy atom. The van der Waals surface area contributed by atoms with Gasteiger partial charge in [0.25, 0.3) is 11.8 Å². The normalized spacial score (nSPS) is 10.2. The minimum absolute atomic E-state index is 0.114. The third-order valence-electron chi connectivity index (χ3n) is 5.88. The van der Waals surface area contributed by atoms with Gasteiger partial charge in [0.05, 0.1) is 0 Å². The maximum Gasteiger partial charge on any atom is 0.251 e. The number of nitrogens with zero attached hydrogens (tertiary/aromatic N) is 3. The molecule has 5 aromatic rings. The molecular formula is C29H27ClN8O3. The van der Waals surface area contributed by atoms with Gasteiger partial charge in [-0.05, 0) is 48.0 Å². The molecule has 0 atom stereocenters. The molecule has 2 aromatic heterocycles. The maximum atomic E-state index is 11.7. The second-order valence-corrected chi connectivity index (χ2v) is 9.04. The zero-order valence-corrected chi connectivity index (χ0v) is 23.0. The Morgan fingerprint density at radius 3 is 2.15 bits per heavy atom. The number of halogens is 1. The zero-order valence-electron chi connectivity index (χ0n) is 22.2. The van der Waals surface area contributed by atoms with Gasteiger partial charge in [-0.3, -0.25) is 19.5 Å². The van der Waals surface area contributed by atoms with Crippen LogP contribution in [0.15, 0.2) is 79.1 Å². The number of fused-ring (bicyclic) bond motifs is 1. The van der Waals surface area contributed by atoms with Gasteiger partial charge in [0.2, 0.25) is 0 Å². The minimum Gasteiger partial charge on any atom is -0.364 e. The SMILES string of the molecule is CNC(=O)c1ccc(C=O)cc1.CNC(=O)c1ccc(CNc2n[nH]c3ncnc(Nc4cccc(Cl)c4)c23)cc1. The van der Waals surface area contributed by atoms with Crippen molar-refractivity contribution in [1.29, 1.82) is 0 Å². The van der Waals surface area contributed by atoms with Crippen LogP contribution in [0.3, 0.4) is 0 Å². The van der Waals surface area contributed by atoms with Crippen molar-refractivity contribution < 1.29 is 14.4 Å². The van der Waals surface area contributed by atoms with Crippen LogP contribution in [0.1, 0.15) is 36.6 Å². The molecule has 0 aliphatic carbocycles. The molecule has 5 N–H and O–H groups in total. The summed E-state index contributed by atoms with van der Waals surface area (Å²) in [4.78, 5) is 41.5. The number of amides is 2. The molecule has 11 nitrogen and oxygen atoms in total. The third-order valence-corrected chi connectivity index (χ3v) is 6.12. The van der Waals surface area contributed by atoms with Gasteiger partial charge in [-0.1, -0.05) is 41.9 Å². The monoisotopic (exact) mass is 570 g/mol. The molecule has 0 bridgehead atoms. The van der Waals surface area contributed by atoms with E-state index < -0.39 is 0 Å². The minimum atomic E-state index is -0.146. The van der Waals surface area contributed by atoms with Crippen molar-refractivity contribution in [2.45, 2.75) is 6.54 Å². The molecule has 0 aliphatic heterocycles. The number of benzene rings is 3. The Bertz CT molecular complexity index is 1650. The first-order valence-corrected chi connectivity index (χ1v) is 12.8. The summed E-state index contributed by atoms with van der Waals surface area (Å²) in [6, 6.07) is 21.2. The number of aldehydes is 1. The fraction of sp³-hybridized carbons (Fsp3) is 0.103. The number of carbonyl (C=O) groups is 3. The molecule has 41 heavy (non-hydrogen) atoms. The number of hydrogen-bond donors (Lipinski definition) is 5. The molecule has 208 valence electrons. The van der Waals surface area contributed by atoms with E-state index in [-0.39, 0.29) is 11.8 Å². The Kier molecular flexibility index (Phi) is 9.57. The molecule has 0 spiro atoms. The van der Waals surface area contributed by atoms with Crippen LogP contribution in [0.4, 0.5) is 17.3 Å². The van der Waals surface area contributed by atoms with E-state index in [1.54, 1.807) is 50.5 Å². The van der Waals surface area contributed by atoms with Crippen LogP contribution < -0.4 is 21.3 Å². The lowest BCUT2D eigenvalue weighted by atomic mass is 10.1. The van der Waals surface area contributed by atoms with Crippen molar-refractivity contribution in [2.24, 2.45) is 0 Å². The molecule has 0 fully saturated rings. The van der Waals surface area contributed by atoms with E-state index in [1.165, 1.54) is 6.33 Å². The van der Waals surface area contributed by atoms with Gasteiger partial charge in [-0.2, -0.15) is 5.10 Å². The molecule has 2 heterocycles. The number of rotatable bonds is 8. The quantitative estimate of drug-likeness (QED) is 0.170. The summed E-state index contributed by atoms with van der Waals surface area (Å²) in [6.07, 6.45) is 2.21. The number of hydrogen-bond acceptors (Lipinski definition) is 8. The topological polar surface area (TPSA) is 154 Å². The number of carbonyl (C=O) groups excluding carboxylic acids is 3. The van der Waals surface area contributed by atoms with Gasteiger partial charge in [0.15, 0.2) is 11.5 Å². The highest BCUT2D eigenvalue weighted by molar-refractivity contribution is 6.30. The van der Waals surface area contributed by atoms with Gasteiger partial charge in [0.1, 0.15) is 23.8 Å². The van der Waals surface area contributed by atoms with E-state index in [9.17, 15) is 14.4 Å². The standard InChI is InChI=1S/C20H18ClN7O.C9H9NO2/c1-22-20(29)13-7-5-12(6-8-13)10-23-18-16-17(24-11-25-19(16)28-27-18)26-15-4-2-3-14(21)9-15;1-10-9(12)8-4-2-7(6-11)3-5-8/h2-9,11H,10H2,1H3,(H,22,29)(H3,23,24,25,26,27,28);2-6H,1H3,(H,10,12). The van der Waals surface area contributed by atoms with Gasteiger partial charge in [-0.15, -0.1) is 0 Å². The van der Waals surface area contributed by atoms with Gasteiger partial charge in [0, 0.05) is 48.0 Å². The maximum absolute atomic E-state index is 11.7. The molecule has 0 saturated carbocycles. The van der Waals surface area contributed by atoms with Gasteiger partial charge < -0.3 is 21.3 Å². The molecule has 3 aromatic carbocycles. The van der Waals surface area contributed by atoms with Crippen molar-refractivity contribution in [3.63, 3.8) is 0 Å². The summed E-state index contributed by atoms with van der Waals surface area (Å²) >= 11 is 6.07. The van der Waals surface area contributed by atoms with Crippen LogP contribution >= 0.6 is 11.6 Å². The van der Waals surface area contributed by atoms with Crippen molar-refractivity contribution in [1.82, 2.24) is 30.8 Å². The number of nitrogens with one attached hydrogen (secondary N) is 5. The molecule has 0 radical (unpaired) electrons. The number of H-pyrrole nitrogens is 1. The van der Waals surface area contributed by atoms with E-state index in [2.05, 4.69) is 41.4 Å². The summed E-state index contributed by atoms with van der Waals surface area (Å²) in [5, 5.41) is 20.3. The van der Waals surface area contributed by atoms with Crippen LogP contribution in [0.25, 0.3) is 11.0 Å². The smallest absolute Gasteiger partial charge is 0.251 e. The fourth-order valence-corrected chi connectivity index (χ4v) is 3.94. The second-order valence-electron chi connectivity index (χ2n) is 8.60. The summed E-state index contributed by atoms with van der Waals surface area (Å²) < 4.78 is 0. The van der Waals surface area contributed by atoms with Crippen molar-refractivity contribution >= 4 is 58.1 Å². The van der Waals surface area contributed by atoms with Crippen molar-refractivity contribution in [3.05, 3.63) is 106 Å². The Morgan fingerprint density at radius 1 is 0.878 bits per heavy atom. The van der Waals surface area contributed by atoms with Gasteiger partial charge in [-0.25, -0.2) is 9.97 Å². The van der Waals surface area contributed by atoms with Gasteiger partial charge >= 0.3 is 0 Å². The lowest BCUT2D eigenvalue weighted by Crippen LogP contribution is -2.17. The van der Waals surface area contributed by atoms with Crippen LogP contribution in [-0.2, 0) is 6.54 Å². The first kappa shape index (κ1) is 28.7. The largest absolute Gasteiger partial charge is 0.364 e. The van der Waals surface area contributed by atoms with E-state index in [1.807, 2.05) is 36.4 Å². The Hall–Kier alpha value is -5.29. The number of anilines is 3. The predicted molar refractivity (Wildman–Crippen MR) is 159 cm³/mol. The van der Waals surface area contributed by atoms with Crippen LogP contribution in [0.5, 0.6) is 0 Å². The summed E-state index contributed by atoms with van der Waals surface area (Å²) in [6.45, 7) is 0.527. The Balaban J connectivity index is 0.000000271. The number of aromatic amines is 1. The average molecular weight is 571 g/mol. The van der Waals surface area contributed by atoms with Crippen LogP contribution in [0.2, 0.25) is 5.02 Å². The molecule has 5 rings (SSSR count).